The number of nitrogens with one attached hydrogen (secondary N) is 1. The molecule has 0 amide bonds. The highest BCUT2D eigenvalue weighted by atomic mass is 19.3. The molecule has 1 fully saturated rings. The molecular formula is C9H21F2NO. The van der Waals surface area contributed by atoms with Gasteiger partial charge in [0.1, 0.15) is 0 Å². The molecule has 0 saturated carbocycles. The van der Waals surface area contributed by atoms with Gasteiger partial charge in [0.2, 0.25) is 0 Å². The maximum Gasteiger partial charge on any atom is 0.345 e. The van der Waals surface area contributed by atoms with Crippen molar-refractivity contribution in [1.29, 1.82) is 0 Å². The van der Waals surface area contributed by atoms with Gasteiger partial charge in [-0.2, -0.15) is 8.78 Å². The Morgan fingerprint density at radius 2 is 1.77 bits per heavy atom. The van der Waals surface area contributed by atoms with Crippen LogP contribution in [0.15, 0.2) is 0 Å². The zero-order valence-electron chi connectivity index (χ0n) is 8.94. The molecule has 1 rings (SSSR count). The van der Waals surface area contributed by atoms with E-state index in [1.165, 1.54) is 0 Å². The Morgan fingerprint density at radius 1 is 1.23 bits per heavy atom. The van der Waals surface area contributed by atoms with Gasteiger partial charge >= 0.3 is 6.61 Å². The molecule has 0 radical (unpaired) electrons. The molecule has 0 aromatic heterocycles. The molecule has 1 saturated heterocycles. The highest BCUT2D eigenvalue weighted by Crippen LogP contribution is 2.07. The van der Waals surface area contributed by atoms with Crippen LogP contribution in [0.25, 0.3) is 0 Å². The Morgan fingerprint density at radius 3 is 2.08 bits per heavy atom. The molecule has 0 spiro atoms. The molecule has 82 valence electrons. The topological polar surface area (TPSA) is 21.3 Å². The fraction of sp³-hybridized carbons (Fsp3) is 1.00. The van der Waals surface area contributed by atoms with Crippen molar-refractivity contribution in [3.05, 3.63) is 0 Å². The summed E-state index contributed by atoms with van der Waals surface area (Å²) in [5.74, 6) is 0. The zero-order valence-corrected chi connectivity index (χ0v) is 8.94. The molecule has 13 heavy (non-hydrogen) atoms. The predicted octanol–water partition coefficient (Wildman–Crippen LogP) is 2.64. The van der Waals surface area contributed by atoms with Crippen molar-refractivity contribution in [1.82, 2.24) is 5.32 Å². The van der Waals surface area contributed by atoms with Crippen LogP contribution in [0, 0.1) is 0 Å². The molecule has 0 aromatic carbocycles. The number of alkyl halides is 2. The lowest BCUT2D eigenvalue weighted by atomic mass is 10.3. The Kier molecular flexibility index (Phi) is 13.8. The van der Waals surface area contributed by atoms with E-state index in [4.69, 9.17) is 0 Å². The van der Waals surface area contributed by atoms with Crippen molar-refractivity contribution < 1.29 is 13.5 Å². The van der Waals surface area contributed by atoms with Gasteiger partial charge in [0.05, 0.1) is 6.10 Å². The summed E-state index contributed by atoms with van der Waals surface area (Å²) in [6, 6.07) is 0. The van der Waals surface area contributed by atoms with Crippen molar-refractivity contribution in [3.63, 3.8) is 0 Å². The quantitative estimate of drug-likeness (QED) is 0.734. The summed E-state index contributed by atoms with van der Waals surface area (Å²) in [5, 5.41) is 2.92. The van der Waals surface area contributed by atoms with Crippen LogP contribution in [0.4, 0.5) is 8.78 Å². The van der Waals surface area contributed by atoms with Crippen LogP contribution in [-0.2, 0) is 4.74 Å². The fourth-order valence-corrected chi connectivity index (χ4v) is 0.890. The van der Waals surface area contributed by atoms with E-state index in [1.807, 2.05) is 27.7 Å². The number of hydrogen-bond donors (Lipinski definition) is 1. The lowest BCUT2D eigenvalue weighted by Gasteiger charge is -2.07. The van der Waals surface area contributed by atoms with Crippen molar-refractivity contribution >= 4 is 0 Å². The first-order valence-electron chi connectivity index (χ1n) is 4.93. The van der Waals surface area contributed by atoms with Gasteiger partial charge in [0, 0.05) is 6.54 Å². The Labute approximate surface area is 79.7 Å². The van der Waals surface area contributed by atoms with Gasteiger partial charge in [-0.25, -0.2) is 0 Å². The first kappa shape index (κ1) is 15.3. The third-order valence-electron chi connectivity index (χ3n) is 1.31. The summed E-state index contributed by atoms with van der Waals surface area (Å²) >= 11 is 0. The summed E-state index contributed by atoms with van der Waals surface area (Å²) in [5.41, 5.74) is 0. The molecule has 1 aliphatic rings. The van der Waals surface area contributed by atoms with Crippen LogP contribution in [0.3, 0.4) is 0 Å². The molecule has 2 nitrogen and oxygen atoms in total. The third kappa shape index (κ3) is 9.70. The van der Waals surface area contributed by atoms with Gasteiger partial charge in [0.15, 0.2) is 0 Å². The van der Waals surface area contributed by atoms with Gasteiger partial charge in [-0.05, 0) is 13.0 Å². The van der Waals surface area contributed by atoms with Crippen LogP contribution in [0.2, 0.25) is 0 Å². The molecule has 0 aliphatic carbocycles. The molecule has 1 heterocycles. The maximum atomic E-state index is 11.4. The summed E-state index contributed by atoms with van der Waals surface area (Å²) in [6.45, 7) is 6.73. The van der Waals surface area contributed by atoms with Crippen LogP contribution < -0.4 is 5.32 Å². The van der Waals surface area contributed by atoms with E-state index in [1.54, 1.807) is 0 Å². The molecular weight excluding hydrogens is 176 g/mol. The molecule has 1 unspecified atom stereocenters. The van der Waals surface area contributed by atoms with Crippen molar-refractivity contribution in [2.45, 2.75) is 46.8 Å². The Hall–Kier alpha value is -0.220. The van der Waals surface area contributed by atoms with E-state index in [-0.39, 0.29) is 6.10 Å². The monoisotopic (exact) mass is 197 g/mol. The first-order chi connectivity index (χ1) is 6.29. The normalized spacial score (nSPS) is 20.1. The van der Waals surface area contributed by atoms with Crippen LogP contribution in [0.5, 0.6) is 0 Å². The van der Waals surface area contributed by atoms with Crippen LogP contribution in [0.1, 0.15) is 34.1 Å². The smallest absolute Gasteiger partial charge is 0.318 e. The van der Waals surface area contributed by atoms with Crippen molar-refractivity contribution in [2.75, 3.05) is 13.1 Å². The second kappa shape index (κ2) is 11.8. The standard InChI is InChI=1S/C5H9F2NO.2C2H6/c6-5(7)9-4-1-2-8-3-4;2*1-2/h4-5,8H,1-3H2;2*1-2H3. The first-order valence-corrected chi connectivity index (χ1v) is 4.93. The highest BCUT2D eigenvalue weighted by molar-refractivity contribution is 4.70. The lowest BCUT2D eigenvalue weighted by molar-refractivity contribution is -0.156. The molecule has 4 heteroatoms. The Balaban J connectivity index is 0. The minimum Gasteiger partial charge on any atom is -0.318 e. The minimum atomic E-state index is -2.62. The van der Waals surface area contributed by atoms with Gasteiger partial charge in [-0.3, -0.25) is 0 Å². The second-order valence-corrected chi connectivity index (χ2v) is 2.01. The lowest BCUT2D eigenvalue weighted by Crippen LogP contribution is -2.19. The SMILES string of the molecule is CC.CC.FC(F)OC1CCNC1. The predicted molar refractivity (Wildman–Crippen MR) is 51.1 cm³/mol. The molecule has 0 bridgehead atoms. The van der Waals surface area contributed by atoms with E-state index in [0.29, 0.717) is 13.0 Å². The molecule has 0 aromatic rings. The van der Waals surface area contributed by atoms with E-state index in [2.05, 4.69) is 10.1 Å². The van der Waals surface area contributed by atoms with Crippen LogP contribution >= 0.6 is 0 Å². The summed E-state index contributed by atoms with van der Waals surface area (Å²) in [7, 11) is 0. The fourth-order valence-electron chi connectivity index (χ4n) is 0.890. The minimum absolute atomic E-state index is 0.273. The maximum absolute atomic E-state index is 11.4. The summed E-state index contributed by atoms with van der Waals surface area (Å²) < 4.78 is 27.1. The average Bonchev–Trinajstić information content (AvgIpc) is 2.63. The number of ether oxygens (including phenoxy) is 1. The largest absolute Gasteiger partial charge is 0.345 e. The van der Waals surface area contributed by atoms with Gasteiger partial charge < -0.3 is 10.1 Å². The average molecular weight is 197 g/mol. The van der Waals surface area contributed by atoms with E-state index >= 15 is 0 Å². The summed E-state index contributed by atoms with van der Waals surface area (Å²) in [4.78, 5) is 0. The van der Waals surface area contributed by atoms with Gasteiger partial charge in [-0.1, -0.05) is 27.7 Å². The zero-order chi connectivity index (χ0) is 10.7. The number of halogens is 2. The van der Waals surface area contributed by atoms with E-state index in [9.17, 15) is 8.78 Å². The second-order valence-electron chi connectivity index (χ2n) is 2.01. The summed E-state index contributed by atoms with van der Waals surface area (Å²) in [6.07, 6.45) is 0.426. The number of hydrogen-bond acceptors (Lipinski definition) is 2. The third-order valence-corrected chi connectivity index (χ3v) is 1.31. The molecule has 1 N–H and O–H groups in total. The van der Waals surface area contributed by atoms with Crippen LogP contribution in [-0.4, -0.2) is 25.8 Å². The van der Waals surface area contributed by atoms with E-state index < -0.39 is 6.61 Å². The number of rotatable bonds is 2. The van der Waals surface area contributed by atoms with Gasteiger partial charge in [0.25, 0.3) is 0 Å². The Bertz CT molecular complexity index is 85.7. The van der Waals surface area contributed by atoms with Crippen molar-refractivity contribution in [2.24, 2.45) is 0 Å². The van der Waals surface area contributed by atoms with Crippen molar-refractivity contribution in [3.8, 4) is 0 Å². The molecule has 1 atom stereocenters. The highest BCUT2D eigenvalue weighted by Gasteiger charge is 2.18. The molecule has 1 aliphatic heterocycles. The van der Waals surface area contributed by atoms with Gasteiger partial charge in [-0.15, -0.1) is 0 Å². The van der Waals surface area contributed by atoms with E-state index in [0.717, 1.165) is 6.54 Å².